The molecule has 2 N–H and O–H groups in total. The second-order valence-electron chi connectivity index (χ2n) is 5.19. The lowest BCUT2D eigenvalue weighted by molar-refractivity contribution is -0.114. The van der Waals surface area contributed by atoms with E-state index in [1.54, 1.807) is 0 Å². The Labute approximate surface area is 135 Å². The summed E-state index contributed by atoms with van der Waals surface area (Å²) in [5, 5.41) is 5.01. The number of carbonyl (C=O) groups is 2. The van der Waals surface area contributed by atoms with Gasteiger partial charge in [0.25, 0.3) is 11.7 Å². The van der Waals surface area contributed by atoms with Crippen molar-refractivity contribution in [1.29, 1.82) is 0 Å². The molecule has 0 radical (unpaired) electrons. The molecule has 0 atom stereocenters. The zero-order valence-electron chi connectivity index (χ0n) is 12.0. The minimum Gasteiger partial charge on any atom is -0.300 e. The van der Waals surface area contributed by atoms with Crippen LogP contribution in [0.1, 0.15) is 15.9 Å². The van der Waals surface area contributed by atoms with Crippen LogP contribution in [-0.4, -0.2) is 20.1 Å². The van der Waals surface area contributed by atoms with E-state index in [2.05, 4.69) is 0 Å². The predicted molar refractivity (Wildman–Crippen MR) is 79.7 cm³/mol. The molecule has 24 heavy (non-hydrogen) atoms. The highest BCUT2D eigenvalue weighted by molar-refractivity contribution is 7.89. The van der Waals surface area contributed by atoms with E-state index in [-0.39, 0.29) is 28.3 Å². The molecular weight excluding hydrogens is 342 g/mol. The highest BCUT2D eigenvalue weighted by Gasteiger charge is 2.36. The van der Waals surface area contributed by atoms with Gasteiger partial charge in [-0.1, -0.05) is 6.07 Å². The number of rotatable bonds is 3. The van der Waals surface area contributed by atoms with Gasteiger partial charge in [-0.25, -0.2) is 22.3 Å². The third-order valence-electron chi connectivity index (χ3n) is 3.60. The van der Waals surface area contributed by atoms with Crippen LogP contribution in [0.4, 0.5) is 14.5 Å². The summed E-state index contributed by atoms with van der Waals surface area (Å²) in [5.41, 5.74) is 0.356. The normalized spacial score (nSPS) is 14.2. The quantitative estimate of drug-likeness (QED) is 0.843. The van der Waals surface area contributed by atoms with Gasteiger partial charge in [-0.2, -0.15) is 0 Å². The number of amides is 1. The van der Waals surface area contributed by atoms with Crippen molar-refractivity contribution in [1.82, 2.24) is 0 Å². The van der Waals surface area contributed by atoms with E-state index in [0.717, 1.165) is 29.2 Å². The van der Waals surface area contributed by atoms with Crippen molar-refractivity contribution in [3.05, 3.63) is 59.2 Å². The first-order valence-electron chi connectivity index (χ1n) is 6.65. The molecule has 0 fully saturated rings. The molecule has 0 saturated carbocycles. The van der Waals surface area contributed by atoms with Crippen LogP contribution in [0, 0.1) is 11.6 Å². The van der Waals surface area contributed by atoms with Gasteiger partial charge in [0.05, 0.1) is 22.7 Å². The summed E-state index contributed by atoms with van der Waals surface area (Å²) in [7, 11) is -4.03. The largest absolute Gasteiger partial charge is 0.300 e. The van der Waals surface area contributed by atoms with Crippen LogP contribution in [0.5, 0.6) is 0 Å². The topological polar surface area (TPSA) is 97.5 Å². The molecule has 0 saturated heterocycles. The zero-order chi connectivity index (χ0) is 17.6. The van der Waals surface area contributed by atoms with Crippen LogP contribution >= 0.6 is 0 Å². The van der Waals surface area contributed by atoms with Gasteiger partial charge in [0, 0.05) is 0 Å². The molecule has 9 heteroatoms. The maximum atomic E-state index is 13.3. The number of sulfonamides is 1. The number of halogens is 2. The fourth-order valence-electron chi connectivity index (χ4n) is 2.43. The lowest BCUT2D eigenvalue weighted by Gasteiger charge is -2.16. The van der Waals surface area contributed by atoms with Crippen molar-refractivity contribution in [3.8, 4) is 0 Å². The first kappa shape index (κ1) is 16.2. The fraction of sp³-hybridized carbons (Fsp3) is 0.0667. The Balaban J connectivity index is 2.01. The zero-order valence-corrected chi connectivity index (χ0v) is 12.8. The molecule has 1 amide bonds. The standard InChI is InChI=1S/C15H10F2N2O4S/c16-11-3-1-8(5-12(11)17)7-19-13-4-2-9(24(18,22)23)6-10(13)14(20)15(19)21/h1-6H,7H2,(H2,18,22,23). The van der Waals surface area contributed by atoms with Crippen LogP contribution in [-0.2, 0) is 21.4 Å². The van der Waals surface area contributed by atoms with Crippen molar-refractivity contribution in [2.75, 3.05) is 4.90 Å². The van der Waals surface area contributed by atoms with E-state index in [4.69, 9.17) is 5.14 Å². The highest BCUT2D eigenvalue weighted by atomic mass is 32.2. The van der Waals surface area contributed by atoms with Gasteiger partial charge < -0.3 is 4.90 Å². The average molecular weight is 352 g/mol. The molecule has 2 aromatic rings. The van der Waals surface area contributed by atoms with Gasteiger partial charge in [-0.3, -0.25) is 9.59 Å². The van der Waals surface area contributed by atoms with Crippen LogP contribution in [0.25, 0.3) is 0 Å². The van der Waals surface area contributed by atoms with Crippen molar-refractivity contribution in [3.63, 3.8) is 0 Å². The summed E-state index contributed by atoms with van der Waals surface area (Å²) in [5.74, 6) is -3.88. The minimum atomic E-state index is -4.03. The summed E-state index contributed by atoms with van der Waals surface area (Å²) in [4.78, 5) is 24.9. The van der Waals surface area contributed by atoms with E-state index >= 15 is 0 Å². The number of nitrogens with zero attached hydrogens (tertiary/aromatic N) is 1. The lowest BCUT2D eigenvalue weighted by atomic mass is 10.1. The fourth-order valence-corrected chi connectivity index (χ4v) is 2.97. The Morgan fingerprint density at radius 2 is 1.71 bits per heavy atom. The average Bonchev–Trinajstić information content (AvgIpc) is 2.75. The SMILES string of the molecule is NS(=O)(=O)c1ccc2c(c1)C(=O)C(=O)N2Cc1ccc(F)c(F)c1. The van der Waals surface area contributed by atoms with Crippen molar-refractivity contribution < 1.29 is 26.8 Å². The van der Waals surface area contributed by atoms with E-state index in [9.17, 15) is 26.8 Å². The number of hydrogen-bond donors (Lipinski definition) is 1. The Hall–Kier alpha value is -2.65. The molecule has 0 unspecified atom stereocenters. The van der Waals surface area contributed by atoms with E-state index in [1.165, 1.54) is 12.1 Å². The van der Waals surface area contributed by atoms with E-state index in [1.807, 2.05) is 0 Å². The van der Waals surface area contributed by atoms with Gasteiger partial charge in [-0.15, -0.1) is 0 Å². The number of hydrogen-bond acceptors (Lipinski definition) is 4. The predicted octanol–water partition coefficient (Wildman–Crippen LogP) is 1.34. The van der Waals surface area contributed by atoms with Gasteiger partial charge in [0.2, 0.25) is 10.0 Å². The maximum Gasteiger partial charge on any atom is 0.299 e. The van der Waals surface area contributed by atoms with Crippen LogP contribution in [0.15, 0.2) is 41.3 Å². The molecule has 0 spiro atoms. The van der Waals surface area contributed by atoms with Crippen molar-refractivity contribution in [2.24, 2.45) is 5.14 Å². The monoisotopic (exact) mass is 352 g/mol. The highest BCUT2D eigenvalue weighted by Crippen LogP contribution is 2.32. The third kappa shape index (κ3) is 2.68. The van der Waals surface area contributed by atoms with Crippen LogP contribution < -0.4 is 10.0 Å². The number of ketones is 1. The second kappa shape index (κ2) is 5.46. The molecule has 0 aliphatic carbocycles. The smallest absolute Gasteiger partial charge is 0.299 e. The maximum absolute atomic E-state index is 13.3. The van der Waals surface area contributed by atoms with Crippen LogP contribution in [0.2, 0.25) is 0 Å². The molecule has 3 rings (SSSR count). The van der Waals surface area contributed by atoms with Gasteiger partial charge in [-0.05, 0) is 35.9 Å². The molecule has 0 bridgehead atoms. The number of primary sulfonamides is 1. The summed E-state index contributed by atoms with van der Waals surface area (Å²) in [6.07, 6.45) is 0. The summed E-state index contributed by atoms with van der Waals surface area (Å²) >= 11 is 0. The Kier molecular flexibility index (Phi) is 3.69. The first-order chi connectivity index (χ1) is 11.2. The van der Waals surface area contributed by atoms with Gasteiger partial charge >= 0.3 is 0 Å². The van der Waals surface area contributed by atoms with Gasteiger partial charge in [0.1, 0.15) is 0 Å². The molecule has 6 nitrogen and oxygen atoms in total. The van der Waals surface area contributed by atoms with Crippen LogP contribution in [0.3, 0.4) is 0 Å². The molecule has 124 valence electrons. The van der Waals surface area contributed by atoms with E-state index in [0.29, 0.717) is 0 Å². The Morgan fingerprint density at radius 3 is 2.33 bits per heavy atom. The van der Waals surface area contributed by atoms with Crippen molar-refractivity contribution in [2.45, 2.75) is 11.4 Å². The van der Waals surface area contributed by atoms with Gasteiger partial charge in [0.15, 0.2) is 11.6 Å². The number of Topliss-reactive ketones (excluding diaryl/α,β-unsaturated/α-hetero) is 1. The third-order valence-corrected chi connectivity index (χ3v) is 4.51. The summed E-state index contributed by atoms with van der Waals surface area (Å²) < 4.78 is 49.0. The number of anilines is 1. The Morgan fingerprint density at radius 1 is 1.00 bits per heavy atom. The molecular formula is C15H10F2N2O4S. The van der Waals surface area contributed by atoms with Crippen molar-refractivity contribution >= 4 is 27.4 Å². The number of nitrogens with two attached hydrogens (primary N) is 1. The lowest BCUT2D eigenvalue weighted by Crippen LogP contribution is -2.29. The first-order valence-corrected chi connectivity index (χ1v) is 8.20. The molecule has 1 aliphatic rings. The number of carbonyl (C=O) groups excluding carboxylic acids is 2. The molecule has 0 aromatic heterocycles. The number of fused-ring (bicyclic) bond motifs is 1. The minimum absolute atomic E-state index is 0.103. The summed E-state index contributed by atoms with van der Waals surface area (Å²) in [6.45, 7) is -0.163. The van der Waals surface area contributed by atoms with E-state index < -0.39 is 33.3 Å². The second-order valence-corrected chi connectivity index (χ2v) is 6.75. The molecule has 1 aliphatic heterocycles. The summed E-state index contributed by atoms with van der Waals surface area (Å²) in [6, 6.07) is 6.58. The number of benzene rings is 2. The Bertz CT molecular complexity index is 989. The molecule has 1 heterocycles. The molecule has 2 aromatic carbocycles.